The topological polar surface area (TPSA) is 75.9 Å². The van der Waals surface area contributed by atoms with E-state index in [1.807, 2.05) is 65.6 Å². The van der Waals surface area contributed by atoms with E-state index in [9.17, 15) is 4.79 Å². The first-order valence-electron chi connectivity index (χ1n) is 10.6. The molecular weight excluding hydrogens is 376 g/mol. The summed E-state index contributed by atoms with van der Waals surface area (Å²) in [6.45, 7) is 4.89. The Morgan fingerprint density at radius 3 is 2.43 bits per heavy atom. The average molecular weight is 405 g/mol. The predicted octanol–water partition coefficient (Wildman–Crippen LogP) is 2.81. The van der Waals surface area contributed by atoms with Crippen LogP contribution >= 0.6 is 0 Å². The van der Waals surface area contributed by atoms with E-state index in [4.69, 9.17) is 0 Å². The molecule has 0 spiro atoms. The Morgan fingerprint density at radius 2 is 1.73 bits per heavy atom. The maximum Gasteiger partial charge on any atom is 0.244 e. The minimum absolute atomic E-state index is 0.121. The highest BCUT2D eigenvalue weighted by Crippen LogP contribution is 2.22. The summed E-state index contributed by atoms with van der Waals surface area (Å²) in [6, 6.07) is 19.6. The zero-order chi connectivity index (χ0) is 20.8. The van der Waals surface area contributed by atoms with Crippen LogP contribution in [0.25, 0.3) is 0 Å². The van der Waals surface area contributed by atoms with Crippen molar-refractivity contribution in [1.82, 2.24) is 30.4 Å². The van der Waals surface area contributed by atoms with Gasteiger partial charge in [-0.05, 0) is 40.3 Å². The number of rotatable bonds is 7. The molecule has 1 aliphatic rings. The lowest BCUT2D eigenvalue weighted by molar-refractivity contribution is -0.135. The molecule has 0 bridgehead atoms. The summed E-state index contributed by atoms with van der Waals surface area (Å²) in [5.41, 5.74) is 2.09. The van der Waals surface area contributed by atoms with Crippen molar-refractivity contribution in [1.29, 1.82) is 0 Å². The van der Waals surface area contributed by atoms with Gasteiger partial charge >= 0.3 is 0 Å². The summed E-state index contributed by atoms with van der Waals surface area (Å²) in [7, 11) is 0. The van der Waals surface area contributed by atoms with Gasteiger partial charge in [-0.1, -0.05) is 67.6 Å². The molecule has 2 aromatic carbocycles. The van der Waals surface area contributed by atoms with Gasteiger partial charge in [-0.3, -0.25) is 10.1 Å². The molecule has 7 heteroatoms. The van der Waals surface area contributed by atoms with Crippen molar-refractivity contribution in [3.8, 4) is 0 Å². The minimum atomic E-state index is -0.415. The van der Waals surface area contributed by atoms with Gasteiger partial charge in [-0.2, -0.15) is 0 Å². The van der Waals surface area contributed by atoms with Crippen molar-refractivity contribution < 1.29 is 4.79 Å². The molecule has 1 aliphatic heterocycles. The monoisotopic (exact) mass is 404 g/mol. The number of nitrogens with one attached hydrogen (secondary N) is 1. The second-order valence-electron chi connectivity index (χ2n) is 7.97. The number of tetrazole rings is 1. The summed E-state index contributed by atoms with van der Waals surface area (Å²) in [5, 5.41) is 15.6. The van der Waals surface area contributed by atoms with Crippen LogP contribution in [0.15, 0.2) is 60.7 Å². The van der Waals surface area contributed by atoms with Gasteiger partial charge in [0, 0.05) is 13.1 Å². The van der Waals surface area contributed by atoms with E-state index < -0.39 is 6.04 Å². The molecular formula is C23H28N6O. The lowest BCUT2D eigenvalue weighted by Crippen LogP contribution is -2.44. The number of benzene rings is 2. The van der Waals surface area contributed by atoms with Crippen molar-refractivity contribution in [2.24, 2.45) is 5.92 Å². The Hall–Kier alpha value is -3.06. The number of nitrogens with zero attached hydrogens (tertiary/aromatic N) is 5. The van der Waals surface area contributed by atoms with E-state index in [1.165, 1.54) is 0 Å². The fourth-order valence-electron chi connectivity index (χ4n) is 3.83. The summed E-state index contributed by atoms with van der Waals surface area (Å²) >= 11 is 0. The van der Waals surface area contributed by atoms with Crippen molar-refractivity contribution in [2.45, 2.75) is 38.9 Å². The highest BCUT2D eigenvalue weighted by atomic mass is 16.2. The molecule has 4 rings (SSSR count). The molecule has 1 atom stereocenters. The number of likely N-dealkylation sites (tertiary alicyclic amines) is 1. The van der Waals surface area contributed by atoms with Crippen LogP contribution in [-0.4, -0.2) is 44.1 Å². The molecule has 156 valence electrons. The van der Waals surface area contributed by atoms with E-state index in [2.05, 4.69) is 27.8 Å². The largest absolute Gasteiger partial charge is 0.341 e. The second kappa shape index (κ2) is 9.63. The van der Waals surface area contributed by atoms with Gasteiger partial charge in [0.25, 0.3) is 0 Å². The maximum atomic E-state index is 13.3. The molecule has 30 heavy (non-hydrogen) atoms. The third-order valence-electron chi connectivity index (χ3n) is 5.72. The molecule has 1 aromatic heterocycles. The Kier molecular flexibility index (Phi) is 6.49. The average Bonchev–Trinajstić information content (AvgIpc) is 3.22. The van der Waals surface area contributed by atoms with E-state index in [-0.39, 0.29) is 5.91 Å². The van der Waals surface area contributed by atoms with Gasteiger partial charge in [0.15, 0.2) is 5.82 Å². The molecule has 3 aromatic rings. The van der Waals surface area contributed by atoms with Gasteiger partial charge in [0.1, 0.15) is 6.04 Å². The van der Waals surface area contributed by atoms with E-state index in [0.29, 0.717) is 24.8 Å². The maximum absolute atomic E-state index is 13.3. The van der Waals surface area contributed by atoms with E-state index >= 15 is 0 Å². The first kappa shape index (κ1) is 20.2. The number of hydrogen-bond donors (Lipinski definition) is 1. The summed E-state index contributed by atoms with van der Waals surface area (Å²) in [4.78, 5) is 15.3. The predicted molar refractivity (Wildman–Crippen MR) is 114 cm³/mol. The van der Waals surface area contributed by atoms with Crippen molar-refractivity contribution in [2.75, 3.05) is 13.1 Å². The van der Waals surface area contributed by atoms with Crippen LogP contribution in [0.2, 0.25) is 0 Å². The molecule has 2 heterocycles. The highest BCUT2D eigenvalue weighted by Gasteiger charge is 2.28. The molecule has 1 N–H and O–H groups in total. The van der Waals surface area contributed by atoms with Crippen LogP contribution in [0.4, 0.5) is 0 Å². The minimum Gasteiger partial charge on any atom is -0.341 e. The molecule has 0 unspecified atom stereocenters. The molecule has 0 aliphatic carbocycles. The Morgan fingerprint density at radius 1 is 1.07 bits per heavy atom. The van der Waals surface area contributed by atoms with Crippen LogP contribution in [0.3, 0.4) is 0 Å². The zero-order valence-electron chi connectivity index (χ0n) is 17.3. The number of piperidine rings is 1. The molecule has 0 saturated carbocycles. The first-order chi connectivity index (χ1) is 14.7. The van der Waals surface area contributed by atoms with Gasteiger partial charge in [0.2, 0.25) is 5.91 Å². The van der Waals surface area contributed by atoms with Crippen LogP contribution < -0.4 is 5.32 Å². The first-order valence-corrected chi connectivity index (χ1v) is 10.6. The van der Waals surface area contributed by atoms with E-state index in [1.54, 1.807) is 4.68 Å². The lowest BCUT2D eigenvalue weighted by Gasteiger charge is -2.33. The zero-order valence-corrected chi connectivity index (χ0v) is 17.3. The number of hydrogen-bond acceptors (Lipinski definition) is 5. The third-order valence-corrected chi connectivity index (χ3v) is 5.72. The standard InChI is InChI=1S/C23H28N6O/c1-18-12-14-28(15-13-18)23(30)22(20-10-6-3-7-11-20)24-16-21-25-26-27-29(21)17-19-8-4-2-5-9-19/h2-11,18,22,24H,12-17H2,1H3/t22-/m0/s1. The molecule has 1 fully saturated rings. The second-order valence-corrected chi connectivity index (χ2v) is 7.97. The van der Waals surface area contributed by atoms with Crippen LogP contribution in [0, 0.1) is 5.92 Å². The van der Waals surface area contributed by atoms with Crippen molar-refractivity contribution >= 4 is 5.91 Å². The fraction of sp³-hybridized carbons (Fsp3) is 0.391. The fourth-order valence-corrected chi connectivity index (χ4v) is 3.83. The van der Waals surface area contributed by atoms with Crippen molar-refractivity contribution in [3.05, 3.63) is 77.6 Å². The summed E-state index contributed by atoms with van der Waals surface area (Å²) < 4.78 is 1.78. The lowest BCUT2D eigenvalue weighted by atomic mass is 9.97. The highest BCUT2D eigenvalue weighted by molar-refractivity contribution is 5.83. The van der Waals surface area contributed by atoms with Crippen LogP contribution in [-0.2, 0) is 17.9 Å². The SMILES string of the molecule is CC1CCN(C(=O)[C@@H](NCc2nnnn2Cc2ccccc2)c2ccccc2)CC1. The van der Waals surface area contributed by atoms with Gasteiger partial charge in [-0.15, -0.1) is 5.10 Å². The van der Waals surface area contributed by atoms with E-state index in [0.717, 1.165) is 37.1 Å². The number of amides is 1. The molecule has 7 nitrogen and oxygen atoms in total. The van der Waals surface area contributed by atoms with Gasteiger partial charge in [0.05, 0.1) is 13.1 Å². The smallest absolute Gasteiger partial charge is 0.244 e. The summed E-state index contributed by atoms with van der Waals surface area (Å²) in [6.07, 6.45) is 2.12. The summed E-state index contributed by atoms with van der Waals surface area (Å²) in [5.74, 6) is 1.51. The number of aromatic nitrogens is 4. The number of carbonyl (C=O) groups is 1. The third kappa shape index (κ3) is 4.91. The Balaban J connectivity index is 1.48. The van der Waals surface area contributed by atoms with Crippen LogP contribution in [0.5, 0.6) is 0 Å². The van der Waals surface area contributed by atoms with Gasteiger partial charge < -0.3 is 4.90 Å². The van der Waals surface area contributed by atoms with Gasteiger partial charge in [-0.25, -0.2) is 4.68 Å². The van der Waals surface area contributed by atoms with Crippen molar-refractivity contribution in [3.63, 3.8) is 0 Å². The Bertz CT molecular complexity index is 935. The van der Waals surface area contributed by atoms with Crippen LogP contribution in [0.1, 0.15) is 42.8 Å². The Labute approximate surface area is 177 Å². The molecule has 1 saturated heterocycles. The quantitative estimate of drug-likeness (QED) is 0.655. The number of carbonyl (C=O) groups excluding carboxylic acids is 1. The molecule has 1 amide bonds. The molecule has 0 radical (unpaired) electrons. The normalized spacial score (nSPS) is 15.8.